The van der Waals surface area contributed by atoms with Gasteiger partial charge in [-0.05, 0) is 24.1 Å². The molecule has 1 aromatic rings. The Labute approximate surface area is 107 Å². The molecule has 1 aromatic carbocycles. The van der Waals surface area contributed by atoms with Crippen LogP contribution in [0.15, 0.2) is 24.3 Å². The SMILES string of the molecule is CN(CC(C)(C)CN)C(=O)Nc1ccccc1F. The van der Waals surface area contributed by atoms with Gasteiger partial charge in [-0.15, -0.1) is 0 Å². The Morgan fingerprint density at radius 3 is 2.61 bits per heavy atom. The van der Waals surface area contributed by atoms with Crippen molar-refractivity contribution in [3.8, 4) is 0 Å². The normalized spacial score (nSPS) is 11.2. The monoisotopic (exact) mass is 253 g/mol. The molecule has 0 radical (unpaired) electrons. The summed E-state index contributed by atoms with van der Waals surface area (Å²) in [6.45, 7) is 4.92. The molecule has 4 nitrogen and oxygen atoms in total. The fourth-order valence-corrected chi connectivity index (χ4v) is 1.55. The van der Waals surface area contributed by atoms with E-state index in [2.05, 4.69) is 5.32 Å². The van der Waals surface area contributed by atoms with E-state index in [1.54, 1.807) is 19.2 Å². The molecule has 0 unspecified atom stereocenters. The van der Waals surface area contributed by atoms with Crippen LogP contribution in [0.5, 0.6) is 0 Å². The number of carbonyl (C=O) groups excluding carboxylic acids is 1. The molecular weight excluding hydrogens is 233 g/mol. The van der Waals surface area contributed by atoms with Gasteiger partial charge in [0.25, 0.3) is 0 Å². The number of nitrogens with two attached hydrogens (primary N) is 1. The molecule has 0 aliphatic heterocycles. The van der Waals surface area contributed by atoms with Crippen molar-refractivity contribution in [1.82, 2.24) is 4.90 Å². The van der Waals surface area contributed by atoms with Crippen molar-refractivity contribution in [1.29, 1.82) is 0 Å². The van der Waals surface area contributed by atoms with Gasteiger partial charge >= 0.3 is 6.03 Å². The van der Waals surface area contributed by atoms with Gasteiger partial charge in [0, 0.05) is 13.6 Å². The lowest BCUT2D eigenvalue weighted by Gasteiger charge is -2.29. The Kier molecular flexibility index (Phi) is 4.67. The topological polar surface area (TPSA) is 58.4 Å². The second-order valence-electron chi connectivity index (χ2n) is 5.13. The summed E-state index contributed by atoms with van der Waals surface area (Å²) in [5.41, 5.74) is 5.63. The van der Waals surface area contributed by atoms with Gasteiger partial charge in [0.1, 0.15) is 5.82 Å². The average Bonchev–Trinajstić information content (AvgIpc) is 2.31. The van der Waals surface area contributed by atoms with E-state index in [-0.39, 0.29) is 17.1 Å². The minimum absolute atomic E-state index is 0.165. The van der Waals surface area contributed by atoms with Crippen LogP contribution in [-0.2, 0) is 0 Å². The van der Waals surface area contributed by atoms with E-state index < -0.39 is 5.82 Å². The van der Waals surface area contributed by atoms with Gasteiger partial charge in [0.05, 0.1) is 5.69 Å². The first-order chi connectivity index (χ1) is 8.35. The zero-order chi connectivity index (χ0) is 13.8. The van der Waals surface area contributed by atoms with E-state index in [1.807, 2.05) is 13.8 Å². The van der Waals surface area contributed by atoms with E-state index >= 15 is 0 Å². The number of amides is 2. The molecule has 0 saturated carbocycles. The summed E-state index contributed by atoms with van der Waals surface area (Å²) in [5, 5.41) is 2.53. The summed E-state index contributed by atoms with van der Waals surface area (Å²) in [4.78, 5) is 13.4. The summed E-state index contributed by atoms with van der Waals surface area (Å²) >= 11 is 0. The summed E-state index contributed by atoms with van der Waals surface area (Å²) < 4.78 is 13.4. The van der Waals surface area contributed by atoms with Crippen LogP contribution in [0.25, 0.3) is 0 Å². The van der Waals surface area contributed by atoms with Crippen LogP contribution in [0.1, 0.15) is 13.8 Å². The van der Waals surface area contributed by atoms with E-state index in [4.69, 9.17) is 5.73 Å². The number of anilines is 1. The zero-order valence-corrected chi connectivity index (χ0v) is 11.0. The van der Waals surface area contributed by atoms with Crippen LogP contribution in [0.4, 0.5) is 14.9 Å². The van der Waals surface area contributed by atoms with Crippen molar-refractivity contribution in [2.75, 3.05) is 25.5 Å². The molecule has 100 valence electrons. The summed E-state index contributed by atoms with van der Waals surface area (Å²) in [7, 11) is 1.66. The van der Waals surface area contributed by atoms with Gasteiger partial charge in [-0.25, -0.2) is 9.18 Å². The lowest BCUT2D eigenvalue weighted by molar-refractivity contribution is 0.197. The maximum Gasteiger partial charge on any atom is 0.321 e. The standard InChI is InChI=1S/C13H20FN3O/c1-13(2,8-15)9-17(3)12(18)16-11-7-5-4-6-10(11)14/h4-7H,8-9,15H2,1-3H3,(H,16,18). The Balaban J connectivity index is 2.64. The summed E-state index contributed by atoms with van der Waals surface area (Å²) in [5.74, 6) is -0.447. The number of halogens is 1. The lowest BCUT2D eigenvalue weighted by Crippen LogP contribution is -2.41. The smallest absolute Gasteiger partial charge is 0.321 e. The first-order valence-corrected chi connectivity index (χ1v) is 5.82. The molecule has 0 saturated heterocycles. The van der Waals surface area contributed by atoms with Crippen molar-refractivity contribution >= 4 is 11.7 Å². The molecule has 18 heavy (non-hydrogen) atoms. The van der Waals surface area contributed by atoms with Gasteiger partial charge in [0.15, 0.2) is 0 Å². The number of carbonyl (C=O) groups is 1. The third-order valence-electron chi connectivity index (χ3n) is 2.68. The van der Waals surface area contributed by atoms with E-state index in [1.165, 1.54) is 17.0 Å². The number of rotatable bonds is 4. The van der Waals surface area contributed by atoms with Crippen LogP contribution < -0.4 is 11.1 Å². The number of hydrogen-bond acceptors (Lipinski definition) is 2. The van der Waals surface area contributed by atoms with Crippen LogP contribution in [0.3, 0.4) is 0 Å². The molecule has 0 atom stereocenters. The lowest BCUT2D eigenvalue weighted by atomic mass is 9.93. The maximum absolute atomic E-state index is 13.4. The molecule has 0 aromatic heterocycles. The highest BCUT2D eigenvalue weighted by Gasteiger charge is 2.21. The molecule has 3 N–H and O–H groups in total. The van der Waals surface area contributed by atoms with Gasteiger partial charge in [-0.1, -0.05) is 26.0 Å². The molecule has 0 bridgehead atoms. The first-order valence-electron chi connectivity index (χ1n) is 5.82. The largest absolute Gasteiger partial charge is 0.330 e. The molecule has 0 heterocycles. The van der Waals surface area contributed by atoms with E-state index in [0.717, 1.165) is 0 Å². The van der Waals surface area contributed by atoms with Crippen molar-refractivity contribution in [3.05, 3.63) is 30.1 Å². The Morgan fingerprint density at radius 1 is 1.44 bits per heavy atom. The van der Waals surface area contributed by atoms with Crippen LogP contribution in [-0.4, -0.2) is 31.1 Å². The quantitative estimate of drug-likeness (QED) is 0.864. The Bertz CT molecular complexity index is 420. The molecule has 0 aliphatic rings. The number of benzene rings is 1. The predicted molar refractivity (Wildman–Crippen MR) is 70.9 cm³/mol. The van der Waals surface area contributed by atoms with Crippen molar-refractivity contribution in [2.24, 2.45) is 11.1 Å². The van der Waals surface area contributed by atoms with Crippen molar-refractivity contribution in [2.45, 2.75) is 13.8 Å². The molecular formula is C13H20FN3O. The number of para-hydroxylation sites is 1. The first kappa shape index (κ1) is 14.4. The molecule has 0 fully saturated rings. The fourth-order valence-electron chi connectivity index (χ4n) is 1.55. The minimum atomic E-state index is -0.447. The molecule has 5 heteroatoms. The highest BCUT2D eigenvalue weighted by molar-refractivity contribution is 5.89. The van der Waals surface area contributed by atoms with Crippen molar-refractivity contribution < 1.29 is 9.18 Å². The van der Waals surface area contributed by atoms with Crippen molar-refractivity contribution in [3.63, 3.8) is 0 Å². The number of nitrogens with one attached hydrogen (secondary N) is 1. The van der Waals surface area contributed by atoms with Gasteiger partial charge in [-0.3, -0.25) is 0 Å². The van der Waals surface area contributed by atoms with E-state index in [9.17, 15) is 9.18 Å². The second kappa shape index (κ2) is 5.82. The van der Waals surface area contributed by atoms with Crippen LogP contribution >= 0.6 is 0 Å². The maximum atomic E-state index is 13.4. The molecule has 0 spiro atoms. The molecule has 0 aliphatic carbocycles. The van der Waals surface area contributed by atoms with E-state index in [0.29, 0.717) is 13.1 Å². The molecule has 2 amide bonds. The summed E-state index contributed by atoms with van der Waals surface area (Å²) in [6, 6.07) is 5.73. The third kappa shape index (κ3) is 4.00. The predicted octanol–water partition coefficient (Wildman–Crippen LogP) is 2.27. The third-order valence-corrected chi connectivity index (χ3v) is 2.68. The number of hydrogen-bond donors (Lipinski definition) is 2. The highest BCUT2D eigenvalue weighted by Crippen LogP contribution is 2.16. The second-order valence-corrected chi connectivity index (χ2v) is 5.13. The summed E-state index contributed by atoms with van der Waals surface area (Å²) in [6.07, 6.45) is 0. The number of nitrogens with zero attached hydrogens (tertiary/aromatic N) is 1. The zero-order valence-electron chi connectivity index (χ0n) is 11.0. The Morgan fingerprint density at radius 2 is 2.06 bits per heavy atom. The van der Waals surface area contributed by atoms with Gasteiger partial charge in [0.2, 0.25) is 0 Å². The minimum Gasteiger partial charge on any atom is -0.330 e. The van der Waals surface area contributed by atoms with Crippen LogP contribution in [0, 0.1) is 11.2 Å². The van der Waals surface area contributed by atoms with Gasteiger partial charge in [-0.2, -0.15) is 0 Å². The molecule has 1 rings (SSSR count). The Hall–Kier alpha value is -1.62. The fraction of sp³-hybridized carbons (Fsp3) is 0.462. The highest BCUT2D eigenvalue weighted by atomic mass is 19.1. The number of urea groups is 1. The average molecular weight is 253 g/mol. The van der Waals surface area contributed by atoms with Crippen LogP contribution in [0.2, 0.25) is 0 Å². The van der Waals surface area contributed by atoms with Gasteiger partial charge < -0.3 is 16.0 Å².